The molecule has 0 aliphatic carbocycles. The smallest absolute Gasteiger partial charge is 0.411 e. The normalized spacial score (nSPS) is 11.6. The first kappa shape index (κ1) is 15.7. The van der Waals surface area contributed by atoms with Gasteiger partial charge >= 0.3 is 6.18 Å². The Morgan fingerprint density at radius 3 is 2.53 bits per heavy atom. The zero-order valence-electron chi connectivity index (χ0n) is 10.2. The number of rotatable bonds is 7. The molecule has 0 aliphatic heterocycles. The number of halogens is 4. The lowest BCUT2D eigenvalue weighted by atomic mass is 10.1. The summed E-state index contributed by atoms with van der Waals surface area (Å²) in [5.74, 6) is -0.00780. The minimum absolute atomic E-state index is 0.0424. The first-order valence-electron chi connectivity index (χ1n) is 5.68. The topological polar surface area (TPSA) is 44.5 Å². The van der Waals surface area contributed by atoms with E-state index < -0.39 is 18.6 Å². The van der Waals surface area contributed by atoms with E-state index in [2.05, 4.69) is 4.74 Å². The van der Waals surface area contributed by atoms with Crippen molar-refractivity contribution in [2.24, 2.45) is 5.73 Å². The van der Waals surface area contributed by atoms with Crippen LogP contribution in [-0.4, -0.2) is 32.5 Å². The predicted molar refractivity (Wildman–Crippen MR) is 61.5 cm³/mol. The van der Waals surface area contributed by atoms with E-state index in [1.165, 1.54) is 18.2 Å². The summed E-state index contributed by atoms with van der Waals surface area (Å²) in [6, 6.07) is 3.93. The molecule has 0 unspecified atom stereocenters. The molecule has 0 saturated carbocycles. The first-order chi connectivity index (χ1) is 8.92. The maximum Gasteiger partial charge on any atom is 0.411 e. The zero-order valence-corrected chi connectivity index (χ0v) is 10.2. The van der Waals surface area contributed by atoms with Gasteiger partial charge in [-0.25, -0.2) is 4.39 Å². The quantitative estimate of drug-likeness (QED) is 0.616. The molecule has 1 aromatic rings. The number of nitrogens with two attached hydrogens (primary N) is 1. The van der Waals surface area contributed by atoms with Crippen LogP contribution >= 0.6 is 0 Å². The van der Waals surface area contributed by atoms with Crippen LogP contribution in [-0.2, 0) is 11.2 Å². The van der Waals surface area contributed by atoms with Gasteiger partial charge in [-0.05, 0) is 36.7 Å². The Bertz CT molecular complexity index is 396. The van der Waals surface area contributed by atoms with Crippen LogP contribution < -0.4 is 10.5 Å². The highest BCUT2D eigenvalue weighted by atomic mass is 19.4. The van der Waals surface area contributed by atoms with E-state index in [0.717, 1.165) is 0 Å². The van der Waals surface area contributed by atoms with Crippen LogP contribution in [0, 0.1) is 5.82 Å². The molecule has 0 fully saturated rings. The Balaban J connectivity index is 2.40. The van der Waals surface area contributed by atoms with Gasteiger partial charge in [-0.15, -0.1) is 0 Å². The Hall–Kier alpha value is -1.34. The maximum atomic E-state index is 13.0. The Morgan fingerprint density at radius 2 is 1.89 bits per heavy atom. The van der Waals surface area contributed by atoms with Gasteiger partial charge in [0.2, 0.25) is 0 Å². The van der Waals surface area contributed by atoms with Crippen molar-refractivity contribution in [2.45, 2.75) is 12.6 Å². The molecule has 0 atom stereocenters. The minimum atomic E-state index is -4.35. The molecule has 19 heavy (non-hydrogen) atoms. The van der Waals surface area contributed by atoms with Crippen molar-refractivity contribution in [3.63, 3.8) is 0 Å². The second-order valence-corrected chi connectivity index (χ2v) is 3.81. The third kappa shape index (κ3) is 6.40. The number of ether oxygens (including phenoxy) is 2. The Kier molecular flexibility index (Phi) is 6.04. The van der Waals surface area contributed by atoms with Crippen molar-refractivity contribution in [2.75, 3.05) is 26.4 Å². The van der Waals surface area contributed by atoms with E-state index in [1.54, 1.807) is 0 Å². The molecule has 0 amide bonds. The minimum Gasteiger partial charge on any atom is -0.491 e. The SMILES string of the molecule is NCCc1cc(F)ccc1OCCOCC(F)(F)F. The van der Waals surface area contributed by atoms with Crippen LogP contribution in [0.3, 0.4) is 0 Å². The molecule has 0 aliphatic rings. The highest BCUT2D eigenvalue weighted by Gasteiger charge is 2.27. The van der Waals surface area contributed by atoms with E-state index in [1.807, 2.05) is 0 Å². The molecular weight excluding hydrogens is 266 g/mol. The summed E-state index contributed by atoms with van der Waals surface area (Å²) >= 11 is 0. The monoisotopic (exact) mass is 281 g/mol. The van der Waals surface area contributed by atoms with Gasteiger partial charge in [0.25, 0.3) is 0 Å². The number of hydrogen-bond donors (Lipinski definition) is 1. The fourth-order valence-corrected chi connectivity index (χ4v) is 1.44. The lowest BCUT2D eigenvalue weighted by Crippen LogP contribution is -2.19. The highest BCUT2D eigenvalue weighted by Crippen LogP contribution is 2.20. The van der Waals surface area contributed by atoms with E-state index in [0.29, 0.717) is 24.3 Å². The summed E-state index contributed by atoms with van der Waals surface area (Å²) in [6.07, 6.45) is -3.92. The molecule has 0 saturated heterocycles. The fourth-order valence-electron chi connectivity index (χ4n) is 1.44. The molecule has 0 aromatic heterocycles. The van der Waals surface area contributed by atoms with Crippen molar-refractivity contribution in [1.82, 2.24) is 0 Å². The van der Waals surface area contributed by atoms with Gasteiger partial charge in [-0.1, -0.05) is 0 Å². The van der Waals surface area contributed by atoms with Crippen molar-refractivity contribution >= 4 is 0 Å². The number of hydrogen-bond acceptors (Lipinski definition) is 3. The molecule has 2 N–H and O–H groups in total. The van der Waals surface area contributed by atoms with Gasteiger partial charge in [0, 0.05) is 0 Å². The van der Waals surface area contributed by atoms with E-state index in [4.69, 9.17) is 10.5 Å². The van der Waals surface area contributed by atoms with Crippen LogP contribution in [0.2, 0.25) is 0 Å². The van der Waals surface area contributed by atoms with Crippen LogP contribution in [0.1, 0.15) is 5.56 Å². The van der Waals surface area contributed by atoms with Crippen molar-refractivity contribution in [1.29, 1.82) is 0 Å². The molecule has 0 bridgehead atoms. The first-order valence-corrected chi connectivity index (χ1v) is 5.68. The molecular formula is C12H15F4NO2. The van der Waals surface area contributed by atoms with E-state index >= 15 is 0 Å². The summed E-state index contributed by atoms with van der Waals surface area (Å²) in [5.41, 5.74) is 5.96. The predicted octanol–water partition coefficient (Wildman–Crippen LogP) is 2.28. The summed E-state index contributed by atoms with van der Waals surface area (Å²) in [4.78, 5) is 0. The van der Waals surface area contributed by atoms with E-state index in [9.17, 15) is 17.6 Å². The molecule has 7 heteroatoms. The molecule has 3 nitrogen and oxygen atoms in total. The van der Waals surface area contributed by atoms with Gasteiger partial charge in [-0.3, -0.25) is 0 Å². The summed E-state index contributed by atoms with van der Waals surface area (Å²) in [7, 11) is 0. The molecule has 0 radical (unpaired) electrons. The molecule has 108 valence electrons. The van der Waals surface area contributed by atoms with E-state index in [-0.39, 0.29) is 13.2 Å². The molecule has 1 aromatic carbocycles. The van der Waals surface area contributed by atoms with Crippen molar-refractivity contribution in [3.05, 3.63) is 29.6 Å². The third-order valence-corrected chi connectivity index (χ3v) is 2.19. The van der Waals surface area contributed by atoms with Crippen LogP contribution in [0.15, 0.2) is 18.2 Å². The molecule has 0 spiro atoms. The van der Waals surface area contributed by atoms with Gasteiger partial charge < -0.3 is 15.2 Å². The average Bonchev–Trinajstić information content (AvgIpc) is 2.30. The molecule has 0 heterocycles. The molecule has 1 rings (SSSR count). The largest absolute Gasteiger partial charge is 0.491 e. The lowest BCUT2D eigenvalue weighted by Gasteiger charge is -2.12. The van der Waals surface area contributed by atoms with Crippen molar-refractivity contribution < 1.29 is 27.0 Å². The lowest BCUT2D eigenvalue weighted by molar-refractivity contribution is -0.175. The van der Waals surface area contributed by atoms with Crippen LogP contribution in [0.25, 0.3) is 0 Å². The van der Waals surface area contributed by atoms with Crippen molar-refractivity contribution in [3.8, 4) is 5.75 Å². The third-order valence-electron chi connectivity index (χ3n) is 2.19. The van der Waals surface area contributed by atoms with Gasteiger partial charge in [0.15, 0.2) is 0 Å². The highest BCUT2D eigenvalue weighted by molar-refractivity contribution is 5.34. The zero-order chi connectivity index (χ0) is 14.3. The Labute approximate surface area is 108 Å². The summed E-state index contributed by atoms with van der Waals surface area (Å²) < 4.78 is 58.0. The maximum absolute atomic E-state index is 13.0. The Morgan fingerprint density at radius 1 is 1.16 bits per heavy atom. The number of benzene rings is 1. The second kappa shape index (κ2) is 7.30. The fraction of sp³-hybridized carbons (Fsp3) is 0.500. The standard InChI is InChI=1S/C12H15F4NO2/c13-10-1-2-11(9(7-10)3-4-17)19-6-5-18-8-12(14,15)16/h1-2,7H,3-6,8,17H2. The average molecular weight is 281 g/mol. The van der Waals surface area contributed by atoms with Gasteiger partial charge in [0.1, 0.15) is 24.8 Å². The van der Waals surface area contributed by atoms with Gasteiger partial charge in [0.05, 0.1) is 6.61 Å². The van der Waals surface area contributed by atoms with Gasteiger partial charge in [-0.2, -0.15) is 13.2 Å². The number of alkyl halides is 3. The second-order valence-electron chi connectivity index (χ2n) is 3.81. The summed E-state index contributed by atoms with van der Waals surface area (Å²) in [5, 5.41) is 0. The van der Waals surface area contributed by atoms with Crippen LogP contribution in [0.4, 0.5) is 17.6 Å². The summed E-state index contributed by atoms with van der Waals surface area (Å²) in [6.45, 7) is -1.22. The van der Waals surface area contributed by atoms with Crippen LogP contribution in [0.5, 0.6) is 5.75 Å².